The van der Waals surface area contributed by atoms with E-state index in [9.17, 15) is 18.0 Å². The molecule has 0 saturated heterocycles. The zero-order chi connectivity index (χ0) is 19.4. The molecule has 0 radical (unpaired) electrons. The number of nitrogens with one attached hydrogen (secondary N) is 1. The van der Waals surface area contributed by atoms with Crippen LogP contribution in [-0.2, 0) is 24.9 Å². The predicted molar refractivity (Wildman–Crippen MR) is 91.3 cm³/mol. The Balaban J connectivity index is 3.19. The summed E-state index contributed by atoms with van der Waals surface area (Å²) in [4.78, 5) is 23.4. The Hall–Kier alpha value is -2.29. The molecule has 1 rings (SSSR count). The van der Waals surface area contributed by atoms with Crippen LogP contribution in [0.2, 0.25) is 0 Å². The Labute approximate surface area is 148 Å². The number of hydrazine groups is 1. The summed E-state index contributed by atoms with van der Waals surface area (Å²) in [7, 11) is -3.36. The van der Waals surface area contributed by atoms with E-state index < -0.39 is 28.3 Å². The highest BCUT2D eigenvalue weighted by atomic mass is 32.2. The number of sulfonamides is 1. The van der Waals surface area contributed by atoms with Gasteiger partial charge < -0.3 is 9.47 Å². The topological polar surface area (TPSA) is 102 Å². The Bertz CT molecular complexity index is 720. The lowest BCUT2D eigenvalue weighted by molar-refractivity contribution is 0.0913. The first kappa shape index (κ1) is 20.8. The molecule has 1 N–H and O–H groups in total. The molecule has 25 heavy (non-hydrogen) atoms. The van der Waals surface area contributed by atoms with Crippen molar-refractivity contribution >= 4 is 22.2 Å². The monoisotopic (exact) mass is 372 g/mol. The lowest BCUT2D eigenvalue weighted by atomic mass is 9.87. The van der Waals surface area contributed by atoms with Crippen molar-refractivity contribution in [3.8, 4) is 0 Å². The van der Waals surface area contributed by atoms with Gasteiger partial charge in [0.2, 0.25) is 0 Å². The van der Waals surface area contributed by atoms with Crippen LogP contribution in [0.25, 0.3) is 0 Å². The van der Waals surface area contributed by atoms with Gasteiger partial charge in [-0.3, -0.25) is 0 Å². The van der Waals surface area contributed by atoms with Gasteiger partial charge in [-0.05, 0) is 37.0 Å². The molecule has 0 aliphatic carbocycles. The summed E-state index contributed by atoms with van der Waals surface area (Å²) in [5, 5.41) is 0. The van der Waals surface area contributed by atoms with Crippen molar-refractivity contribution in [1.29, 1.82) is 0 Å². The molecule has 0 saturated carbocycles. The van der Waals surface area contributed by atoms with Crippen LogP contribution in [0.15, 0.2) is 29.2 Å². The van der Waals surface area contributed by atoms with Gasteiger partial charge in [0.15, 0.2) is 0 Å². The smallest absolute Gasteiger partial charge is 0.443 e. The number of hydrogen-bond acceptors (Lipinski definition) is 6. The summed E-state index contributed by atoms with van der Waals surface area (Å²) in [5.41, 5.74) is 2.65. The summed E-state index contributed by atoms with van der Waals surface area (Å²) < 4.78 is 34.7. The van der Waals surface area contributed by atoms with Crippen molar-refractivity contribution in [2.24, 2.45) is 0 Å². The first-order valence-electron chi connectivity index (χ1n) is 7.60. The van der Waals surface area contributed by atoms with Crippen molar-refractivity contribution in [1.82, 2.24) is 9.84 Å². The summed E-state index contributed by atoms with van der Waals surface area (Å²) in [6.45, 7) is 9.13. The Kier molecular flexibility index (Phi) is 6.42. The number of amides is 2. The SMILES string of the molecule is COC(=O)N(NC(=O)OC(C)C)S(=O)(=O)c1ccc(C(C)(C)C)cc1. The molecule has 0 unspecified atom stereocenters. The minimum absolute atomic E-state index is 0.115. The largest absolute Gasteiger partial charge is 0.451 e. The number of hydrogen-bond donors (Lipinski definition) is 1. The quantitative estimate of drug-likeness (QED) is 0.819. The van der Waals surface area contributed by atoms with Crippen molar-refractivity contribution in [3.63, 3.8) is 0 Å². The standard InChI is InChI=1S/C16H24N2O6S/c1-11(2)24-14(19)17-18(15(20)23-6)25(21,22)13-9-7-12(8-10-13)16(3,4)5/h7-11H,1-6H3,(H,17,19). The van der Waals surface area contributed by atoms with Crippen molar-refractivity contribution in [2.45, 2.75) is 51.0 Å². The first-order chi connectivity index (χ1) is 11.4. The van der Waals surface area contributed by atoms with Gasteiger partial charge in [-0.1, -0.05) is 32.9 Å². The van der Waals surface area contributed by atoms with Gasteiger partial charge in [-0.15, -0.1) is 4.41 Å². The molecule has 0 aliphatic heterocycles. The fourth-order valence-electron chi connectivity index (χ4n) is 1.84. The molecule has 8 nitrogen and oxygen atoms in total. The molecule has 0 fully saturated rings. The van der Waals surface area contributed by atoms with E-state index in [0.29, 0.717) is 0 Å². The first-order valence-corrected chi connectivity index (χ1v) is 9.04. The molecule has 0 bridgehead atoms. The highest BCUT2D eigenvalue weighted by Gasteiger charge is 2.33. The molecule has 1 aromatic carbocycles. The third kappa shape index (κ3) is 5.35. The van der Waals surface area contributed by atoms with Crippen LogP contribution in [0.3, 0.4) is 0 Å². The van der Waals surface area contributed by atoms with Crippen molar-refractivity contribution < 1.29 is 27.5 Å². The zero-order valence-electron chi connectivity index (χ0n) is 15.2. The van der Waals surface area contributed by atoms with Crippen LogP contribution >= 0.6 is 0 Å². The van der Waals surface area contributed by atoms with E-state index in [1.54, 1.807) is 26.0 Å². The number of rotatable bonds is 3. The van der Waals surface area contributed by atoms with Gasteiger partial charge in [0, 0.05) is 0 Å². The number of carbonyl (C=O) groups is 2. The summed E-state index contributed by atoms with van der Waals surface area (Å²) in [5.74, 6) is 0. The average molecular weight is 372 g/mol. The molecule has 2 amide bonds. The minimum atomic E-state index is -4.36. The van der Waals surface area contributed by atoms with E-state index in [2.05, 4.69) is 4.74 Å². The van der Waals surface area contributed by atoms with Crippen LogP contribution in [0.5, 0.6) is 0 Å². The van der Waals surface area contributed by atoms with Crippen molar-refractivity contribution in [3.05, 3.63) is 29.8 Å². The molecule has 1 aromatic rings. The van der Waals surface area contributed by atoms with E-state index in [-0.39, 0.29) is 14.7 Å². The lowest BCUT2D eigenvalue weighted by Gasteiger charge is -2.23. The third-order valence-electron chi connectivity index (χ3n) is 3.13. The number of carbonyl (C=O) groups excluding carboxylic acids is 2. The highest BCUT2D eigenvalue weighted by Crippen LogP contribution is 2.24. The van der Waals surface area contributed by atoms with Gasteiger partial charge in [-0.25, -0.2) is 15.0 Å². The maximum absolute atomic E-state index is 12.7. The van der Waals surface area contributed by atoms with E-state index in [0.717, 1.165) is 12.7 Å². The van der Waals surface area contributed by atoms with Crippen LogP contribution in [0.4, 0.5) is 9.59 Å². The normalized spacial score (nSPS) is 11.8. The molecule has 0 aromatic heterocycles. The number of nitrogens with zero attached hydrogens (tertiary/aromatic N) is 1. The van der Waals surface area contributed by atoms with Gasteiger partial charge in [0.05, 0.1) is 18.1 Å². The number of methoxy groups -OCH3 is 1. The third-order valence-corrected chi connectivity index (χ3v) is 4.72. The maximum atomic E-state index is 12.7. The second-order valence-electron chi connectivity index (χ2n) is 6.58. The summed E-state index contributed by atoms with van der Waals surface area (Å²) >= 11 is 0. The maximum Gasteiger partial charge on any atom is 0.443 e. The zero-order valence-corrected chi connectivity index (χ0v) is 16.0. The summed E-state index contributed by atoms with van der Waals surface area (Å²) in [6, 6.07) is 6.02. The highest BCUT2D eigenvalue weighted by molar-refractivity contribution is 7.89. The van der Waals surface area contributed by atoms with Crippen molar-refractivity contribution in [2.75, 3.05) is 7.11 Å². The van der Waals surface area contributed by atoms with Gasteiger partial charge >= 0.3 is 12.2 Å². The second kappa shape index (κ2) is 7.73. The molecule has 0 atom stereocenters. The lowest BCUT2D eigenvalue weighted by Crippen LogP contribution is -2.50. The number of ether oxygens (including phenoxy) is 2. The molecule has 0 heterocycles. The second-order valence-corrected chi connectivity index (χ2v) is 8.37. The number of benzene rings is 1. The fraction of sp³-hybridized carbons (Fsp3) is 0.500. The summed E-state index contributed by atoms with van der Waals surface area (Å²) in [6.07, 6.45) is -2.84. The predicted octanol–water partition coefficient (Wildman–Crippen LogP) is 2.79. The van der Waals surface area contributed by atoms with E-state index in [1.165, 1.54) is 12.1 Å². The van der Waals surface area contributed by atoms with Crippen LogP contribution in [-0.4, -0.2) is 38.2 Å². The molecule has 0 spiro atoms. The van der Waals surface area contributed by atoms with Crippen LogP contribution in [0.1, 0.15) is 40.2 Å². The van der Waals surface area contributed by atoms with Gasteiger partial charge in [0.25, 0.3) is 10.0 Å². The van der Waals surface area contributed by atoms with E-state index in [4.69, 9.17) is 4.74 Å². The molecular weight excluding hydrogens is 348 g/mol. The Morgan fingerprint density at radius 2 is 1.64 bits per heavy atom. The van der Waals surface area contributed by atoms with Gasteiger partial charge in [-0.2, -0.15) is 8.42 Å². The molecule has 0 aliphatic rings. The average Bonchev–Trinajstić information content (AvgIpc) is 2.50. The van der Waals surface area contributed by atoms with E-state index >= 15 is 0 Å². The van der Waals surface area contributed by atoms with Crippen LogP contribution in [0, 0.1) is 0 Å². The molecule has 9 heteroatoms. The Morgan fingerprint density at radius 3 is 2.04 bits per heavy atom. The van der Waals surface area contributed by atoms with E-state index in [1.807, 2.05) is 26.2 Å². The molecule has 140 valence electrons. The Morgan fingerprint density at radius 1 is 1.12 bits per heavy atom. The minimum Gasteiger partial charge on any atom is -0.451 e. The fourth-order valence-corrected chi connectivity index (χ4v) is 3.00. The molecular formula is C16H24N2O6S. The van der Waals surface area contributed by atoms with Crippen LogP contribution < -0.4 is 5.43 Å². The van der Waals surface area contributed by atoms with Gasteiger partial charge in [0.1, 0.15) is 0 Å².